The van der Waals surface area contributed by atoms with Gasteiger partial charge in [0.15, 0.2) is 11.5 Å². The van der Waals surface area contributed by atoms with E-state index < -0.39 is 0 Å². The molecule has 0 radical (unpaired) electrons. The van der Waals surface area contributed by atoms with E-state index in [0.717, 1.165) is 24.1 Å². The number of ether oxygens (including phenoxy) is 2. The van der Waals surface area contributed by atoms with E-state index in [1.807, 2.05) is 19.1 Å². The molecule has 2 aromatic carbocycles. The summed E-state index contributed by atoms with van der Waals surface area (Å²) in [5.41, 5.74) is 3.43. The maximum Gasteiger partial charge on any atom is 0.180 e. The second-order valence-corrected chi connectivity index (χ2v) is 6.71. The SMILES string of the molecule is CCOc1cc(CN[C@@H](C)CC)cc(Cl)c1OCc1ccc(C)cc1. The standard InChI is InChI=1S/C21H28ClNO2/c1-5-16(4)23-13-18-11-19(22)21(20(12-18)24-6-2)25-14-17-9-7-15(3)8-10-17/h7-12,16,23H,5-6,13-14H2,1-4H3/t16-/m0/s1. The molecule has 2 aromatic rings. The van der Waals surface area contributed by atoms with E-state index >= 15 is 0 Å². The van der Waals surface area contributed by atoms with Gasteiger partial charge in [0, 0.05) is 12.6 Å². The first-order valence-corrected chi connectivity index (χ1v) is 9.28. The summed E-state index contributed by atoms with van der Waals surface area (Å²) in [5, 5.41) is 4.06. The lowest BCUT2D eigenvalue weighted by molar-refractivity contribution is 0.269. The van der Waals surface area contributed by atoms with Gasteiger partial charge in [0.25, 0.3) is 0 Å². The molecule has 0 fully saturated rings. The van der Waals surface area contributed by atoms with Gasteiger partial charge >= 0.3 is 0 Å². The molecule has 4 heteroatoms. The van der Waals surface area contributed by atoms with Crippen LogP contribution in [-0.2, 0) is 13.2 Å². The van der Waals surface area contributed by atoms with Gasteiger partial charge in [-0.15, -0.1) is 0 Å². The summed E-state index contributed by atoms with van der Waals surface area (Å²) in [6.45, 7) is 10.2. The molecule has 0 saturated heterocycles. The number of halogens is 1. The maximum absolute atomic E-state index is 6.48. The summed E-state index contributed by atoms with van der Waals surface area (Å²) in [7, 11) is 0. The Morgan fingerprint density at radius 3 is 2.40 bits per heavy atom. The predicted molar refractivity (Wildman–Crippen MR) is 105 cm³/mol. The molecule has 0 heterocycles. The Kier molecular flexibility index (Phi) is 7.60. The number of hydrogen-bond acceptors (Lipinski definition) is 3. The Bertz CT molecular complexity index is 670. The van der Waals surface area contributed by atoms with Crippen molar-refractivity contribution in [2.75, 3.05) is 6.61 Å². The normalized spacial score (nSPS) is 12.0. The Hall–Kier alpha value is -1.71. The smallest absolute Gasteiger partial charge is 0.180 e. The van der Waals surface area contributed by atoms with Crippen LogP contribution in [0.25, 0.3) is 0 Å². The second-order valence-electron chi connectivity index (χ2n) is 6.30. The monoisotopic (exact) mass is 361 g/mol. The third-order valence-electron chi connectivity index (χ3n) is 4.14. The second kappa shape index (κ2) is 9.69. The van der Waals surface area contributed by atoms with Crippen molar-refractivity contribution in [1.82, 2.24) is 5.32 Å². The largest absolute Gasteiger partial charge is 0.490 e. The van der Waals surface area contributed by atoms with E-state index in [-0.39, 0.29) is 0 Å². The molecule has 1 atom stereocenters. The molecule has 0 aliphatic rings. The molecule has 25 heavy (non-hydrogen) atoms. The van der Waals surface area contributed by atoms with E-state index in [4.69, 9.17) is 21.1 Å². The minimum absolute atomic E-state index is 0.463. The van der Waals surface area contributed by atoms with Crippen LogP contribution >= 0.6 is 11.6 Å². The zero-order valence-corrected chi connectivity index (χ0v) is 16.3. The number of benzene rings is 2. The Labute approximate surface area is 156 Å². The topological polar surface area (TPSA) is 30.5 Å². The van der Waals surface area contributed by atoms with E-state index in [2.05, 4.69) is 50.4 Å². The van der Waals surface area contributed by atoms with Gasteiger partial charge in [-0.25, -0.2) is 0 Å². The summed E-state index contributed by atoms with van der Waals surface area (Å²) >= 11 is 6.48. The molecule has 0 saturated carbocycles. The Morgan fingerprint density at radius 1 is 1.04 bits per heavy atom. The van der Waals surface area contributed by atoms with Gasteiger partial charge in [0.2, 0.25) is 0 Å². The van der Waals surface area contributed by atoms with Crippen LogP contribution in [-0.4, -0.2) is 12.6 Å². The third-order valence-corrected chi connectivity index (χ3v) is 4.42. The highest BCUT2D eigenvalue weighted by Gasteiger charge is 2.13. The first-order chi connectivity index (χ1) is 12.0. The number of hydrogen-bond donors (Lipinski definition) is 1. The highest BCUT2D eigenvalue weighted by molar-refractivity contribution is 6.32. The van der Waals surface area contributed by atoms with E-state index in [0.29, 0.717) is 35.8 Å². The minimum Gasteiger partial charge on any atom is -0.490 e. The van der Waals surface area contributed by atoms with Crippen LogP contribution in [0.2, 0.25) is 5.02 Å². The lowest BCUT2D eigenvalue weighted by Gasteiger charge is -2.17. The van der Waals surface area contributed by atoms with Crippen LogP contribution < -0.4 is 14.8 Å². The van der Waals surface area contributed by atoms with Crippen molar-refractivity contribution in [3.8, 4) is 11.5 Å². The van der Waals surface area contributed by atoms with Gasteiger partial charge in [-0.3, -0.25) is 0 Å². The molecule has 2 rings (SSSR count). The van der Waals surface area contributed by atoms with Crippen molar-refractivity contribution in [3.63, 3.8) is 0 Å². The lowest BCUT2D eigenvalue weighted by atomic mass is 10.1. The van der Waals surface area contributed by atoms with E-state index in [9.17, 15) is 0 Å². The lowest BCUT2D eigenvalue weighted by Crippen LogP contribution is -2.24. The molecule has 0 aliphatic carbocycles. The van der Waals surface area contributed by atoms with Gasteiger partial charge in [0.1, 0.15) is 6.61 Å². The average molecular weight is 362 g/mol. The van der Waals surface area contributed by atoms with Crippen molar-refractivity contribution in [1.29, 1.82) is 0 Å². The molecule has 3 nitrogen and oxygen atoms in total. The number of rotatable bonds is 9. The zero-order valence-electron chi connectivity index (χ0n) is 15.6. The molecular formula is C21H28ClNO2. The third kappa shape index (κ3) is 5.94. The van der Waals surface area contributed by atoms with Crippen LogP contribution in [0.15, 0.2) is 36.4 Å². The molecule has 0 spiro atoms. The molecule has 1 N–H and O–H groups in total. The molecule has 0 amide bonds. The van der Waals surface area contributed by atoms with Crippen molar-refractivity contribution < 1.29 is 9.47 Å². The van der Waals surface area contributed by atoms with Crippen LogP contribution in [0.5, 0.6) is 11.5 Å². The van der Waals surface area contributed by atoms with Gasteiger partial charge in [0.05, 0.1) is 11.6 Å². The van der Waals surface area contributed by atoms with E-state index in [1.54, 1.807) is 0 Å². The van der Waals surface area contributed by atoms with Crippen molar-refractivity contribution in [3.05, 3.63) is 58.1 Å². The van der Waals surface area contributed by atoms with Crippen molar-refractivity contribution in [2.45, 2.75) is 53.3 Å². The number of aryl methyl sites for hydroxylation is 1. The van der Waals surface area contributed by atoms with Crippen LogP contribution in [0.4, 0.5) is 0 Å². The van der Waals surface area contributed by atoms with Gasteiger partial charge in [-0.1, -0.05) is 48.4 Å². The highest BCUT2D eigenvalue weighted by atomic mass is 35.5. The number of nitrogens with one attached hydrogen (secondary N) is 1. The zero-order chi connectivity index (χ0) is 18.2. The molecular weight excluding hydrogens is 334 g/mol. The summed E-state index contributed by atoms with van der Waals surface area (Å²) in [4.78, 5) is 0. The van der Waals surface area contributed by atoms with Crippen LogP contribution in [0, 0.1) is 6.92 Å². The fourth-order valence-electron chi connectivity index (χ4n) is 2.40. The van der Waals surface area contributed by atoms with Gasteiger partial charge in [-0.05, 0) is 50.5 Å². The molecule has 0 aromatic heterocycles. The predicted octanol–water partition coefficient (Wildman–Crippen LogP) is 5.51. The Balaban J connectivity index is 2.13. The van der Waals surface area contributed by atoms with E-state index in [1.165, 1.54) is 5.56 Å². The summed E-state index contributed by atoms with van der Waals surface area (Å²) in [6.07, 6.45) is 1.09. The summed E-state index contributed by atoms with van der Waals surface area (Å²) in [6, 6.07) is 12.7. The molecule has 0 aliphatic heterocycles. The quantitative estimate of drug-likeness (QED) is 0.638. The molecule has 0 unspecified atom stereocenters. The van der Waals surface area contributed by atoms with Crippen LogP contribution in [0.1, 0.15) is 43.9 Å². The first kappa shape index (κ1) is 19.6. The van der Waals surface area contributed by atoms with Crippen molar-refractivity contribution >= 4 is 11.6 Å². The Morgan fingerprint density at radius 2 is 1.76 bits per heavy atom. The molecule has 136 valence electrons. The first-order valence-electron chi connectivity index (χ1n) is 8.90. The average Bonchev–Trinajstić information content (AvgIpc) is 2.60. The fraction of sp³-hybridized carbons (Fsp3) is 0.429. The maximum atomic E-state index is 6.48. The molecule has 0 bridgehead atoms. The highest BCUT2D eigenvalue weighted by Crippen LogP contribution is 2.37. The van der Waals surface area contributed by atoms with Gasteiger partial charge in [-0.2, -0.15) is 0 Å². The van der Waals surface area contributed by atoms with Crippen LogP contribution in [0.3, 0.4) is 0 Å². The summed E-state index contributed by atoms with van der Waals surface area (Å²) < 4.78 is 11.7. The van der Waals surface area contributed by atoms with Crippen molar-refractivity contribution in [2.24, 2.45) is 0 Å². The minimum atomic E-state index is 0.463. The van der Waals surface area contributed by atoms with Gasteiger partial charge < -0.3 is 14.8 Å². The fourth-order valence-corrected chi connectivity index (χ4v) is 2.69. The summed E-state index contributed by atoms with van der Waals surface area (Å²) in [5.74, 6) is 1.31.